The molecule has 5 heteroatoms. The highest BCUT2D eigenvalue weighted by molar-refractivity contribution is 7.80. The van der Waals surface area contributed by atoms with Gasteiger partial charge in [-0.1, -0.05) is 55.5 Å². The van der Waals surface area contributed by atoms with E-state index in [1.165, 1.54) is 5.56 Å². The van der Waals surface area contributed by atoms with Gasteiger partial charge in [0.05, 0.1) is 11.3 Å². The van der Waals surface area contributed by atoms with Gasteiger partial charge in [-0.25, -0.2) is 0 Å². The van der Waals surface area contributed by atoms with Gasteiger partial charge in [-0.2, -0.15) is 0 Å². The van der Waals surface area contributed by atoms with Gasteiger partial charge >= 0.3 is 0 Å². The van der Waals surface area contributed by atoms with Crippen LogP contribution in [0.2, 0.25) is 0 Å². The Hall–Kier alpha value is -3.31. The summed E-state index contributed by atoms with van der Waals surface area (Å²) < 4.78 is 0. The Morgan fingerprint density at radius 3 is 2.11 bits per heavy atom. The Bertz CT molecular complexity index is 1100. The predicted octanol–water partition coefficient (Wildman–Crippen LogP) is 4.83. The quantitative estimate of drug-likeness (QED) is 0.494. The van der Waals surface area contributed by atoms with E-state index in [-0.39, 0.29) is 11.6 Å². The third-order valence-corrected chi connectivity index (χ3v) is 5.02. The average molecular weight is 386 g/mol. The predicted molar refractivity (Wildman–Crippen MR) is 115 cm³/mol. The number of nitrogens with one attached hydrogen (secondary N) is 2. The van der Waals surface area contributed by atoms with Crippen LogP contribution in [0.25, 0.3) is 0 Å². The number of aryl methyl sites for hydroxylation is 1. The lowest BCUT2D eigenvalue weighted by atomic mass is 9.83. The lowest BCUT2D eigenvalue weighted by Gasteiger charge is -2.21. The van der Waals surface area contributed by atoms with Crippen LogP contribution in [0.5, 0.6) is 0 Å². The Balaban J connectivity index is 1.62. The molecule has 0 aromatic heterocycles. The molecule has 138 valence electrons. The zero-order chi connectivity index (χ0) is 19.7. The van der Waals surface area contributed by atoms with E-state index in [1.807, 2.05) is 24.3 Å². The Labute approximate surface area is 168 Å². The molecule has 0 spiro atoms. The first-order valence-corrected chi connectivity index (χ1v) is 9.47. The van der Waals surface area contributed by atoms with E-state index in [2.05, 4.69) is 17.6 Å². The highest BCUT2D eigenvalue weighted by Gasteiger charge is 2.31. The van der Waals surface area contributed by atoms with E-state index in [0.29, 0.717) is 33.1 Å². The molecule has 0 unspecified atom stereocenters. The summed E-state index contributed by atoms with van der Waals surface area (Å²) in [6.45, 7) is 2.10. The zero-order valence-corrected chi connectivity index (χ0v) is 16.1. The van der Waals surface area contributed by atoms with Gasteiger partial charge < -0.3 is 10.6 Å². The fourth-order valence-electron chi connectivity index (χ4n) is 3.36. The Morgan fingerprint density at radius 2 is 1.43 bits per heavy atom. The van der Waals surface area contributed by atoms with Crippen molar-refractivity contribution in [1.29, 1.82) is 0 Å². The SMILES string of the molecule is CCc1ccc(NC(=S)Nc2cccc3c2C(=O)c2ccccc2C3=O)cc1. The second-order valence-electron chi connectivity index (χ2n) is 6.56. The molecule has 3 aromatic rings. The molecule has 0 radical (unpaired) electrons. The summed E-state index contributed by atoms with van der Waals surface area (Å²) in [7, 11) is 0. The third kappa shape index (κ3) is 3.21. The van der Waals surface area contributed by atoms with E-state index >= 15 is 0 Å². The molecule has 0 heterocycles. The molecular weight excluding hydrogens is 368 g/mol. The first kappa shape index (κ1) is 18.1. The molecule has 28 heavy (non-hydrogen) atoms. The van der Waals surface area contributed by atoms with Gasteiger partial charge in [-0.05, 0) is 42.4 Å². The molecule has 0 fully saturated rings. The maximum absolute atomic E-state index is 13.0. The highest BCUT2D eigenvalue weighted by Crippen LogP contribution is 2.32. The van der Waals surface area contributed by atoms with E-state index in [1.54, 1.807) is 42.5 Å². The van der Waals surface area contributed by atoms with Crippen LogP contribution < -0.4 is 10.6 Å². The minimum Gasteiger partial charge on any atom is -0.332 e. The number of anilines is 2. The number of thiocarbonyl (C=S) groups is 1. The number of ketones is 2. The Morgan fingerprint density at radius 1 is 0.786 bits per heavy atom. The van der Waals surface area contributed by atoms with Crippen LogP contribution in [0.3, 0.4) is 0 Å². The molecule has 0 atom stereocenters. The first-order chi connectivity index (χ1) is 13.6. The van der Waals surface area contributed by atoms with Crippen LogP contribution >= 0.6 is 12.2 Å². The summed E-state index contributed by atoms with van der Waals surface area (Å²) in [5.74, 6) is -0.328. The van der Waals surface area contributed by atoms with E-state index in [4.69, 9.17) is 12.2 Å². The monoisotopic (exact) mass is 386 g/mol. The highest BCUT2D eigenvalue weighted by atomic mass is 32.1. The molecule has 4 nitrogen and oxygen atoms in total. The van der Waals surface area contributed by atoms with Crippen LogP contribution in [0.15, 0.2) is 66.7 Å². The van der Waals surface area contributed by atoms with Gasteiger partial charge in [-0.15, -0.1) is 0 Å². The summed E-state index contributed by atoms with van der Waals surface area (Å²) in [6, 6.07) is 20.1. The van der Waals surface area contributed by atoms with Crippen molar-refractivity contribution < 1.29 is 9.59 Å². The molecule has 3 aromatic carbocycles. The molecule has 0 amide bonds. The van der Waals surface area contributed by atoms with Gasteiger partial charge in [0, 0.05) is 22.4 Å². The van der Waals surface area contributed by atoms with Crippen molar-refractivity contribution in [3.8, 4) is 0 Å². The van der Waals surface area contributed by atoms with Crippen LogP contribution in [-0.2, 0) is 6.42 Å². The zero-order valence-electron chi connectivity index (χ0n) is 15.3. The molecule has 4 rings (SSSR count). The summed E-state index contributed by atoms with van der Waals surface area (Å²) in [5.41, 5.74) is 4.22. The number of fused-ring (bicyclic) bond motifs is 2. The number of hydrogen-bond acceptors (Lipinski definition) is 3. The van der Waals surface area contributed by atoms with Gasteiger partial charge in [-0.3, -0.25) is 9.59 Å². The van der Waals surface area contributed by atoms with Crippen LogP contribution in [0.1, 0.15) is 44.3 Å². The number of carbonyl (C=O) groups is 2. The van der Waals surface area contributed by atoms with Crippen LogP contribution in [0, 0.1) is 0 Å². The molecule has 0 aliphatic heterocycles. The van der Waals surface area contributed by atoms with Crippen molar-refractivity contribution in [3.63, 3.8) is 0 Å². The van der Waals surface area contributed by atoms with Crippen molar-refractivity contribution in [3.05, 3.63) is 94.5 Å². The summed E-state index contributed by atoms with van der Waals surface area (Å²) in [4.78, 5) is 25.8. The second-order valence-corrected chi connectivity index (χ2v) is 6.97. The smallest absolute Gasteiger partial charge is 0.196 e. The van der Waals surface area contributed by atoms with E-state index in [0.717, 1.165) is 12.1 Å². The number of benzene rings is 3. The normalized spacial score (nSPS) is 12.2. The fourth-order valence-corrected chi connectivity index (χ4v) is 3.59. The molecule has 0 saturated carbocycles. The standard InChI is InChI=1S/C23H18N2O2S/c1-2-14-10-12-15(13-11-14)24-23(28)25-19-9-5-8-18-20(19)22(27)17-7-4-3-6-16(17)21(18)26/h3-13H,2H2,1H3,(H2,24,25,28). The third-order valence-electron chi connectivity index (χ3n) is 4.82. The van der Waals surface area contributed by atoms with Gasteiger partial charge in [0.2, 0.25) is 0 Å². The number of carbonyl (C=O) groups excluding carboxylic acids is 2. The first-order valence-electron chi connectivity index (χ1n) is 9.07. The van der Waals surface area contributed by atoms with Gasteiger partial charge in [0.1, 0.15) is 0 Å². The maximum atomic E-state index is 13.0. The summed E-state index contributed by atoms with van der Waals surface area (Å²) in [5, 5.41) is 6.55. The van der Waals surface area contributed by atoms with Crippen molar-refractivity contribution >= 4 is 40.3 Å². The summed E-state index contributed by atoms with van der Waals surface area (Å²) >= 11 is 5.41. The molecule has 1 aliphatic rings. The van der Waals surface area contributed by atoms with Crippen molar-refractivity contribution in [2.24, 2.45) is 0 Å². The van der Waals surface area contributed by atoms with Crippen LogP contribution in [-0.4, -0.2) is 16.7 Å². The number of rotatable bonds is 3. The topological polar surface area (TPSA) is 58.2 Å². The number of hydrogen-bond donors (Lipinski definition) is 2. The molecule has 0 bridgehead atoms. The van der Waals surface area contributed by atoms with Crippen molar-refractivity contribution in [1.82, 2.24) is 0 Å². The minimum atomic E-state index is -0.177. The second kappa shape index (κ2) is 7.37. The van der Waals surface area contributed by atoms with Gasteiger partial charge in [0.15, 0.2) is 16.7 Å². The molecule has 0 saturated heterocycles. The van der Waals surface area contributed by atoms with Crippen molar-refractivity contribution in [2.75, 3.05) is 10.6 Å². The molecule has 2 N–H and O–H groups in total. The maximum Gasteiger partial charge on any atom is 0.196 e. The summed E-state index contributed by atoms with van der Waals surface area (Å²) in [6.07, 6.45) is 0.969. The van der Waals surface area contributed by atoms with E-state index < -0.39 is 0 Å². The lowest BCUT2D eigenvalue weighted by Crippen LogP contribution is -2.25. The molecule has 1 aliphatic carbocycles. The lowest BCUT2D eigenvalue weighted by molar-refractivity contribution is 0.0979. The average Bonchev–Trinajstić information content (AvgIpc) is 2.72. The molecular formula is C23H18N2O2S. The van der Waals surface area contributed by atoms with Crippen molar-refractivity contribution in [2.45, 2.75) is 13.3 Å². The van der Waals surface area contributed by atoms with Gasteiger partial charge in [0.25, 0.3) is 0 Å². The van der Waals surface area contributed by atoms with E-state index in [9.17, 15) is 9.59 Å². The largest absolute Gasteiger partial charge is 0.332 e. The minimum absolute atomic E-state index is 0.150. The fraction of sp³-hybridized carbons (Fsp3) is 0.0870. The van der Waals surface area contributed by atoms with Crippen LogP contribution in [0.4, 0.5) is 11.4 Å². The Kier molecular flexibility index (Phi) is 4.75.